The second-order valence-electron chi connectivity index (χ2n) is 4.95. The Morgan fingerprint density at radius 1 is 0.929 bits per heavy atom. The minimum Gasteiger partial charge on any atom is -0.266 e. The first-order chi connectivity index (χ1) is 6.13. The molecule has 0 atom stereocenters. The van der Waals surface area contributed by atoms with E-state index in [-0.39, 0.29) is 0 Å². The SMILES string of the molecule is CC(C)(C)OOOOC(=O)C(C)(C)C. The van der Waals surface area contributed by atoms with Gasteiger partial charge in [-0.2, -0.15) is 4.89 Å². The average Bonchev–Trinajstić information content (AvgIpc) is 1.93. The van der Waals surface area contributed by atoms with Gasteiger partial charge in [0.25, 0.3) is 0 Å². The highest BCUT2D eigenvalue weighted by Gasteiger charge is 2.25. The van der Waals surface area contributed by atoms with Gasteiger partial charge in [0.2, 0.25) is 0 Å². The lowest BCUT2D eigenvalue weighted by Gasteiger charge is -2.17. The molecule has 0 unspecified atom stereocenters. The summed E-state index contributed by atoms with van der Waals surface area (Å²) >= 11 is 0. The van der Waals surface area contributed by atoms with Crippen LogP contribution in [0.4, 0.5) is 0 Å². The molecule has 5 nitrogen and oxygen atoms in total. The van der Waals surface area contributed by atoms with Gasteiger partial charge in [0, 0.05) is 5.04 Å². The highest BCUT2D eigenvalue weighted by atomic mass is 17.7. The second-order valence-corrected chi connectivity index (χ2v) is 4.95. The number of hydrogen-bond acceptors (Lipinski definition) is 5. The van der Waals surface area contributed by atoms with Crippen LogP contribution in [0.5, 0.6) is 0 Å². The Labute approximate surface area is 84.1 Å². The Balaban J connectivity index is 3.62. The van der Waals surface area contributed by atoms with Crippen molar-refractivity contribution in [3.05, 3.63) is 0 Å². The Morgan fingerprint density at radius 3 is 1.79 bits per heavy atom. The van der Waals surface area contributed by atoms with Crippen molar-refractivity contribution in [1.29, 1.82) is 0 Å². The van der Waals surface area contributed by atoms with Gasteiger partial charge < -0.3 is 0 Å². The van der Waals surface area contributed by atoms with Crippen molar-refractivity contribution in [2.75, 3.05) is 0 Å². The molecule has 0 aromatic carbocycles. The van der Waals surface area contributed by atoms with Gasteiger partial charge in [-0.1, -0.05) is 0 Å². The summed E-state index contributed by atoms with van der Waals surface area (Å²) in [5.41, 5.74) is -1.15. The van der Waals surface area contributed by atoms with Crippen LogP contribution in [0.2, 0.25) is 0 Å². The van der Waals surface area contributed by atoms with Crippen molar-refractivity contribution in [1.82, 2.24) is 0 Å². The van der Waals surface area contributed by atoms with E-state index in [1.165, 1.54) is 0 Å². The van der Waals surface area contributed by atoms with E-state index in [1.54, 1.807) is 41.5 Å². The van der Waals surface area contributed by atoms with Gasteiger partial charge in [-0.15, -0.1) is 0 Å². The van der Waals surface area contributed by atoms with Crippen LogP contribution in [0.25, 0.3) is 0 Å². The van der Waals surface area contributed by atoms with Gasteiger partial charge in [-0.05, 0) is 46.6 Å². The van der Waals surface area contributed by atoms with Gasteiger partial charge >= 0.3 is 5.97 Å². The molecule has 0 saturated carbocycles. The summed E-state index contributed by atoms with van der Waals surface area (Å²) in [5.74, 6) is -0.532. The molecule has 5 heteroatoms. The molecule has 14 heavy (non-hydrogen) atoms. The molecule has 0 radical (unpaired) electrons. The minimum atomic E-state index is -0.634. The van der Waals surface area contributed by atoms with Gasteiger partial charge in [0.1, 0.15) is 0 Å². The summed E-state index contributed by atoms with van der Waals surface area (Å²) in [6.45, 7) is 10.4. The minimum absolute atomic E-state index is 0.520. The number of carbonyl (C=O) groups is 1. The van der Waals surface area contributed by atoms with Gasteiger partial charge in [-0.25, -0.2) is 4.79 Å². The van der Waals surface area contributed by atoms with E-state index in [0.29, 0.717) is 0 Å². The molecule has 0 bridgehead atoms. The Bertz CT molecular complexity index is 186. The summed E-state index contributed by atoms with van der Waals surface area (Å²) in [6.07, 6.45) is 0. The molecule has 0 N–H and O–H groups in total. The van der Waals surface area contributed by atoms with Crippen LogP contribution in [-0.2, 0) is 24.6 Å². The lowest BCUT2D eigenvalue weighted by molar-refractivity contribution is -0.634. The second kappa shape index (κ2) is 4.72. The average molecular weight is 206 g/mol. The third kappa shape index (κ3) is 6.82. The van der Waals surface area contributed by atoms with Crippen molar-refractivity contribution >= 4 is 5.97 Å². The molecule has 0 heterocycles. The predicted octanol–water partition coefficient (Wildman–Crippen LogP) is 2.17. The first kappa shape index (κ1) is 13.4. The summed E-state index contributed by atoms with van der Waals surface area (Å²) in [7, 11) is 0. The lowest BCUT2D eigenvalue weighted by Crippen LogP contribution is -2.25. The molecule has 0 aliphatic heterocycles. The Hall–Kier alpha value is -0.650. The van der Waals surface area contributed by atoms with E-state index in [0.717, 1.165) is 0 Å². The highest BCUT2D eigenvalue weighted by Crippen LogP contribution is 2.15. The number of carbonyl (C=O) groups excluding carboxylic acids is 1. The van der Waals surface area contributed by atoms with Crippen molar-refractivity contribution in [2.45, 2.75) is 47.1 Å². The van der Waals surface area contributed by atoms with E-state index in [9.17, 15) is 4.79 Å². The molecule has 84 valence electrons. The lowest BCUT2D eigenvalue weighted by atomic mass is 9.98. The maximum absolute atomic E-state index is 11.1. The molecule has 0 aromatic rings. The van der Waals surface area contributed by atoms with Crippen LogP contribution < -0.4 is 0 Å². The fourth-order valence-corrected chi connectivity index (χ4v) is 0.286. The van der Waals surface area contributed by atoms with Crippen LogP contribution >= 0.6 is 0 Å². The molecular weight excluding hydrogens is 188 g/mol. The standard InChI is InChI=1S/C9H18O5/c1-8(2,3)7(10)11-13-14-12-9(4,5)6/h1-6H3. The molecule has 0 aliphatic rings. The van der Waals surface area contributed by atoms with Crippen LogP contribution in [0.3, 0.4) is 0 Å². The number of rotatable bonds is 3. The van der Waals surface area contributed by atoms with Crippen molar-refractivity contribution in [3.8, 4) is 0 Å². The fourth-order valence-electron chi connectivity index (χ4n) is 0.286. The first-order valence-corrected chi connectivity index (χ1v) is 4.36. The molecule has 0 amide bonds. The highest BCUT2D eigenvalue weighted by molar-refractivity contribution is 5.74. The molecule has 0 saturated heterocycles. The molecule has 0 fully saturated rings. The molecule has 0 rings (SSSR count). The normalized spacial score (nSPS) is 12.7. The monoisotopic (exact) mass is 206 g/mol. The summed E-state index contributed by atoms with van der Waals surface area (Å²) in [6, 6.07) is 0. The Kier molecular flexibility index (Phi) is 4.51. The first-order valence-electron chi connectivity index (χ1n) is 4.36. The van der Waals surface area contributed by atoms with Crippen molar-refractivity contribution in [2.24, 2.45) is 5.41 Å². The van der Waals surface area contributed by atoms with Gasteiger partial charge in [0.15, 0.2) is 0 Å². The van der Waals surface area contributed by atoms with Crippen molar-refractivity contribution in [3.63, 3.8) is 0 Å². The number of hydrogen-bond donors (Lipinski definition) is 0. The van der Waals surface area contributed by atoms with Gasteiger partial charge in [-0.3, -0.25) is 4.89 Å². The molecular formula is C9H18O5. The van der Waals surface area contributed by atoms with Crippen LogP contribution in [0.15, 0.2) is 0 Å². The zero-order valence-electron chi connectivity index (χ0n) is 9.54. The third-order valence-corrected chi connectivity index (χ3v) is 1.03. The summed E-state index contributed by atoms with van der Waals surface area (Å²) in [4.78, 5) is 20.1. The predicted molar refractivity (Wildman–Crippen MR) is 48.6 cm³/mol. The zero-order chi connectivity index (χ0) is 11.4. The smallest absolute Gasteiger partial charge is 0.266 e. The van der Waals surface area contributed by atoms with Crippen molar-refractivity contribution < 1.29 is 24.6 Å². The third-order valence-electron chi connectivity index (χ3n) is 1.03. The zero-order valence-corrected chi connectivity index (χ0v) is 9.54. The molecule has 0 aliphatic carbocycles. The molecule has 0 spiro atoms. The quantitative estimate of drug-likeness (QED) is 0.402. The van der Waals surface area contributed by atoms with E-state index in [4.69, 9.17) is 4.89 Å². The maximum atomic E-state index is 11.1. The van der Waals surface area contributed by atoms with E-state index < -0.39 is 17.0 Å². The topological polar surface area (TPSA) is 54.0 Å². The van der Waals surface area contributed by atoms with Crippen LogP contribution in [0.1, 0.15) is 41.5 Å². The largest absolute Gasteiger partial charge is 0.350 e. The van der Waals surface area contributed by atoms with E-state index >= 15 is 0 Å². The Morgan fingerprint density at radius 2 is 1.43 bits per heavy atom. The molecule has 0 aromatic heterocycles. The van der Waals surface area contributed by atoms with Crippen LogP contribution in [-0.4, -0.2) is 11.6 Å². The fraction of sp³-hybridized carbons (Fsp3) is 0.889. The van der Waals surface area contributed by atoms with E-state index in [2.05, 4.69) is 15.0 Å². The maximum Gasteiger partial charge on any atom is 0.350 e. The summed E-state index contributed by atoms with van der Waals surface area (Å²) < 4.78 is 0. The van der Waals surface area contributed by atoms with E-state index in [1.807, 2.05) is 0 Å². The summed E-state index contributed by atoms with van der Waals surface area (Å²) in [5, 5.41) is 8.35. The van der Waals surface area contributed by atoms with Crippen LogP contribution in [0, 0.1) is 5.41 Å². The van der Waals surface area contributed by atoms with Gasteiger partial charge in [0.05, 0.1) is 11.0 Å².